The summed E-state index contributed by atoms with van der Waals surface area (Å²) < 4.78 is 5.31. The molecule has 1 saturated carbocycles. The van der Waals surface area contributed by atoms with E-state index in [2.05, 4.69) is 19.2 Å². The van der Waals surface area contributed by atoms with Crippen LogP contribution in [0.3, 0.4) is 0 Å². The minimum Gasteiger partial charge on any atom is -0.381 e. The fourth-order valence-electron chi connectivity index (χ4n) is 2.14. The van der Waals surface area contributed by atoms with Crippen molar-refractivity contribution >= 4 is 5.91 Å². The molecular weight excluding hydrogens is 204 g/mol. The molecule has 0 aromatic rings. The number of ether oxygens (including phenoxy) is 1. The first-order valence-corrected chi connectivity index (χ1v) is 5.70. The summed E-state index contributed by atoms with van der Waals surface area (Å²) in [5, 5.41) is 11.7. The maximum atomic E-state index is 11.7. The molecular formula is C12H20N2O2. The first-order valence-electron chi connectivity index (χ1n) is 5.70. The van der Waals surface area contributed by atoms with Crippen molar-refractivity contribution in [3.8, 4) is 6.07 Å². The maximum absolute atomic E-state index is 11.7. The van der Waals surface area contributed by atoms with E-state index in [1.54, 1.807) is 7.11 Å². The third-order valence-corrected chi connectivity index (χ3v) is 3.66. The lowest BCUT2D eigenvalue weighted by molar-refractivity contribution is -0.134. The van der Waals surface area contributed by atoms with Crippen LogP contribution in [0.2, 0.25) is 0 Å². The average molecular weight is 224 g/mol. The van der Waals surface area contributed by atoms with Crippen molar-refractivity contribution < 1.29 is 9.53 Å². The van der Waals surface area contributed by atoms with E-state index in [9.17, 15) is 4.79 Å². The molecule has 4 nitrogen and oxygen atoms in total. The van der Waals surface area contributed by atoms with Gasteiger partial charge in [0.15, 0.2) is 0 Å². The molecule has 3 unspecified atom stereocenters. The largest absolute Gasteiger partial charge is 0.381 e. The van der Waals surface area contributed by atoms with E-state index >= 15 is 0 Å². The lowest BCUT2D eigenvalue weighted by Gasteiger charge is -2.51. The van der Waals surface area contributed by atoms with Crippen LogP contribution in [0.25, 0.3) is 0 Å². The first-order chi connectivity index (χ1) is 7.47. The molecule has 3 atom stereocenters. The normalized spacial score (nSPS) is 28.7. The number of rotatable bonds is 4. The molecule has 0 aliphatic heterocycles. The fourth-order valence-corrected chi connectivity index (χ4v) is 2.14. The fraction of sp³-hybridized carbons (Fsp3) is 0.833. The molecule has 1 amide bonds. The van der Waals surface area contributed by atoms with Gasteiger partial charge in [0.2, 0.25) is 5.91 Å². The number of carbonyl (C=O) groups excluding carboxylic acids is 1. The predicted octanol–water partition coefficient (Wildman–Crippen LogP) is 1.47. The Hall–Kier alpha value is -1.08. The molecule has 1 aliphatic rings. The molecule has 0 aromatic carbocycles. The topological polar surface area (TPSA) is 62.1 Å². The smallest absolute Gasteiger partial charge is 0.237 e. The van der Waals surface area contributed by atoms with Gasteiger partial charge in [-0.1, -0.05) is 20.8 Å². The van der Waals surface area contributed by atoms with Crippen molar-refractivity contribution in [3.63, 3.8) is 0 Å². The van der Waals surface area contributed by atoms with Gasteiger partial charge in [-0.25, -0.2) is 0 Å². The zero-order valence-electron chi connectivity index (χ0n) is 10.4. The lowest BCUT2D eigenvalue weighted by Crippen LogP contribution is -2.62. The lowest BCUT2D eigenvalue weighted by atomic mass is 9.64. The van der Waals surface area contributed by atoms with Crippen molar-refractivity contribution in [2.75, 3.05) is 7.11 Å². The second-order valence-electron chi connectivity index (χ2n) is 4.93. The molecule has 16 heavy (non-hydrogen) atoms. The predicted molar refractivity (Wildman–Crippen MR) is 60.5 cm³/mol. The monoisotopic (exact) mass is 224 g/mol. The molecule has 1 aliphatic carbocycles. The van der Waals surface area contributed by atoms with Gasteiger partial charge in [-0.2, -0.15) is 5.26 Å². The number of amides is 1. The number of nitrogens with zero attached hydrogens (tertiary/aromatic N) is 1. The second kappa shape index (κ2) is 4.84. The third-order valence-electron chi connectivity index (χ3n) is 3.66. The number of hydrogen-bond donors (Lipinski definition) is 1. The Morgan fingerprint density at radius 3 is 2.69 bits per heavy atom. The highest BCUT2D eigenvalue weighted by Crippen LogP contribution is 2.42. The molecule has 0 radical (unpaired) electrons. The van der Waals surface area contributed by atoms with Gasteiger partial charge in [0.05, 0.1) is 12.2 Å². The van der Waals surface area contributed by atoms with E-state index in [1.807, 2.05) is 13.0 Å². The van der Waals surface area contributed by atoms with Gasteiger partial charge in [0.1, 0.15) is 5.92 Å². The van der Waals surface area contributed by atoms with Gasteiger partial charge >= 0.3 is 0 Å². The highest BCUT2D eigenvalue weighted by atomic mass is 16.5. The molecule has 1 rings (SSSR count). The van der Waals surface area contributed by atoms with Crippen LogP contribution in [0, 0.1) is 22.7 Å². The number of carbonyl (C=O) groups is 1. The molecule has 1 fully saturated rings. The molecule has 1 N–H and O–H groups in total. The Kier molecular flexibility index (Phi) is 3.93. The summed E-state index contributed by atoms with van der Waals surface area (Å²) in [6, 6.07) is 2.13. The van der Waals surface area contributed by atoms with Crippen LogP contribution in [0.5, 0.6) is 0 Å². The Morgan fingerprint density at radius 1 is 1.69 bits per heavy atom. The SMILES string of the molecule is CCC(C#N)C(=O)NC1CC(OC)C1(C)C. The highest BCUT2D eigenvalue weighted by molar-refractivity contribution is 5.81. The van der Waals surface area contributed by atoms with Gasteiger partial charge in [0.25, 0.3) is 0 Å². The van der Waals surface area contributed by atoms with E-state index in [0.29, 0.717) is 6.42 Å². The van der Waals surface area contributed by atoms with E-state index in [4.69, 9.17) is 10.00 Å². The van der Waals surface area contributed by atoms with Gasteiger partial charge in [-0.3, -0.25) is 4.79 Å². The zero-order valence-corrected chi connectivity index (χ0v) is 10.4. The summed E-state index contributed by atoms with van der Waals surface area (Å²) in [4.78, 5) is 11.7. The van der Waals surface area contributed by atoms with Crippen LogP contribution in [0.1, 0.15) is 33.6 Å². The summed E-state index contributed by atoms with van der Waals surface area (Å²) in [6.45, 7) is 5.99. The molecule has 0 bridgehead atoms. The van der Waals surface area contributed by atoms with Crippen LogP contribution < -0.4 is 5.32 Å². The van der Waals surface area contributed by atoms with Crippen molar-refractivity contribution in [1.82, 2.24) is 5.32 Å². The molecule has 0 saturated heterocycles. The van der Waals surface area contributed by atoms with Gasteiger partial charge in [-0.15, -0.1) is 0 Å². The second-order valence-corrected chi connectivity index (χ2v) is 4.93. The number of hydrogen-bond acceptors (Lipinski definition) is 3. The summed E-state index contributed by atoms with van der Waals surface area (Å²) >= 11 is 0. The van der Waals surface area contributed by atoms with Crippen LogP contribution in [0.4, 0.5) is 0 Å². The molecule has 90 valence electrons. The van der Waals surface area contributed by atoms with Crippen molar-refractivity contribution in [3.05, 3.63) is 0 Å². The minimum absolute atomic E-state index is 0.0435. The Balaban J connectivity index is 2.52. The van der Waals surface area contributed by atoms with Crippen LogP contribution in [-0.4, -0.2) is 25.2 Å². The van der Waals surface area contributed by atoms with Gasteiger partial charge < -0.3 is 10.1 Å². The maximum Gasteiger partial charge on any atom is 0.237 e. The molecule has 0 spiro atoms. The van der Waals surface area contributed by atoms with Crippen LogP contribution in [0.15, 0.2) is 0 Å². The molecule has 4 heteroatoms. The summed E-state index contributed by atoms with van der Waals surface area (Å²) in [7, 11) is 1.69. The average Bonchev–Trinajstić information content (AvgIpc) is 2.25. The van der Waals surface area contributed by atoms with Gasteiger partial charge in [0, 0.05) is 18.6 Å². The molecule has 0 heterocycles. The van der Waals surface area contributed by atoms with Crippen molar-refractivity contribution in [1.29, 1.82) is 5.26 Å². The standard InChI is InChI=1S/C12H20N2O2/c1-5-8(7-13)11(15)14-9-6-10(16-4)12(9,2)3/h8-10H,5-6H2,1-4H3,(H,14,15). The highest BCUT2D eigenvalue weighted by Gasteiger charge is 2.49. The zero-order chi connectivity index (χ0) is 12.3. The van der Waals surface area contributed by atoms with Crippen molar-refractivity contribution in [2.24, 2.45) is 11.3 Å². The van der Waals surface area contributed by atoms with E-state index < -0.39 is 5.92 Å². The van der Waals surface area contributed by atoms with Gasteiger partial charge in [-0.05, 0) is 12.8 Å². The van der Waals surface area contributed by atoms with E-state index in [-0.39, 0.29) is 23.5 Å². The number of nitrogens with one attached hydrogen (secondary N) is 1. The van der Waals surface area contributed by atoms with E-state index in [0.717, 1.165) is 6.42 Å². The number of methoxy groups -OCH3 is 1. The summed E-state index contributed by atoms with van der Waals surface area (Å²) in [5.74, 6) is -0.685. The third kappa shape index (κ3) is 2.19. The molecule has 0 aromatic heterocycles. The Labute approximate surface area is 97.0 Å². The Morgan fingerprint density at radius 2 is 2.31 bits per heavy atom. The van der Waals surface area contributed by atoms with Crippen molar-refractivity contribution in [2.45, 2.75) is 45.8 Å². The summed E-state index contributed by atoms with van der Waals surface area (Å²) in [5.41, 5.74) is -0.0435. The number of nitriles is 1. The van der Waals surface area contributed by atoms with Crippen LogP contribution >= 0.6 is 0 Å². The van der Waals surface area contributed by atoms with Crippen LogP contribution in [-0.2, 0) is 9.53 Å². The Bertz CT molecular complexity index is 307. The minimum atomic E-state index is -0.530. The first kappa shape index (κ1) is 13.0. The summed E-state index contributed by atoms with van der Waals surface area (Å²) in [6.07, 6.45) is 1.58. The quantitative estimate of drug-likeness (QED) is 0.786. The van der Waals surface area contributed by atoms with E-state index in [1.165, 1.54) is 0 Å².